The molecule has 7 nitrogen and oxygen atoms in total. The number of carboxylic acids is 2. The van der Waals surface area contributed by atoms with Gasteiger partial charge in [-0.25, -0.2) is 9.59 Å². The topological polar surface area (TPSA) is 121 Å². The first kappa shape index (κ1) is 15.1. The normalized spacial score (nSPS) is 20.2. The molecule has 1 saturated heterocycles. The Morgan fingerprint density at radius 1 is 1.14 bits per heavy atom. The number of piperidine rings is 1. The number of hydrogen-bond acceptors (Lipinski definition) is 4. The molecular formula is C14H18N2O5. The van der Waals surface area contributed by atoms with E-state index in [4.69, 9.17) is 10.8 Å². The van der Waals surface area contributed by atoms with E-state index in [1.165, 1.54) is 6.08 Å². The average Bonchev–Trinajstić information content (AvgIpc) is 2.46. The summed E-state index contributed by atoms with van der Waals surface area (Å²) in [6.07, 6.45) is 3.59. The Balaban J connectivity index is 2.26. The van der Waals surface area contributed by atoms with Crippen molar-refractivity contribution in [3.05, 3.63) is 22.9 Å². The molecule has 0 radical (unpaired) electrons. The molecule has 0 aromatic heterocycles. The minimum absolute atomic E-state index is 0.133. The van der Waals surface area contributed by atoms with Crippen LogP contribution >= 0.6 is 0 Å². The predicted octanol–water partition coefficient (Wildman–Crippen LogP) is 0.327. The van der Waals surface area contributed by atoms with E-state index < -0.39 is 11.9 Å². The molecule has 0 spiro atoms. The van der Waals surface area contributed by atoms with E-state index in [1.54, 1.807) is 0 Å². The predicted molar refractivity (Wildman–Crippen MR) is 73.1 cm³/mol. The van der Waals surface area contributed by atoms with Crippen LogP contribution in [0.2, 0.25) is 0 Å². The molecule has 2 rings (SSSR count). The van der Waals surface area contributed by atoms with Crippen LogP contribution < -0.4 is 5.73 Å². The van der Waals surface area contributed by atoms with Gasteiger partial charge in [0.1, 0.15) is 0 Å². The van der Waals surface area contributed by atoms with Crippen molar-refractivity contribution in [2.24, 2.45) is 11.7 Å². The smallest absolute Gasteiger partial charge is 0.338 e. The van der Waals surface area contributed by atoms with Crippen molar-refractivity contribution in [3.8, 4) is 0 Å². The highest BCUT2D eigenvalue weighted by molar-refractivity contribution is 6.06. The van der Waals surface area contributed by atoms with Gasteiger partial charge in [-0.1, -0.05) is 6.08 Å². The molecule has 7 heteroatoms. The van der Waals surface area contributed by atoms with E-state index in [0.29, 0.717) is 44.5 Å². The minimum Gasteiger partial charge on any atom is -0.478 e. The number of amides is 1. The first-order chi connectivity index (χ1) is 9.91. The quantitative estimate of drug-likeness (QED) is 0.687. The van der Waals surface area contributed by atoms with E-state index in [1.807, 2.05) is 4.90 Å². The highest BCUT2D eigenvalue weighted by Gasteiger charge is 2.31. The van der Waals surface area contributed by atoms with Crippen LogP contribution in [0.15, 0.2) is 22.9 Å². The number of likely N-dealkylation sites (tertiary alicyclic amines) is 1. The Labute approximate surface area is 121 Å². The number of nitrogens with two attached hydrogens (primary N) is 1. The van der Waals surface area contributed by atoms with Crippen LogP contribution in [-0.4, -0.2) is 46.0 Å². The molecule has 1 fully saturated rings. The lowest BCUT2D eigenvalue weighted by Crippen LogP contribution is -2.39. The summed E-state index contributed by atoms with van der Waals surface area (Å²) < 4.78 is 0. The monoisotopic (exact) mass is 294 g/mol. The molecule has 1 aliphatic carbocycles. The summed E-state index contributed by atoms with van der Waals surface area (Å²) in [7, 11) is 0. The lowest BCUT2D eigenvalue weighted by molar-refractivity contribution is -0.136. The SMILES string of the molecule is NC(=O)C1CCN(C2=C(C(=O)O)C(C(=O)O)=CCC2)CC1. The van der Waals surface area contributed by atoms with Gasteiger partial charge in [0.15, 0.2) is 0 Å². The summed E-state index contributed by atoms with van der Waals surface area (Å²) in [6.45, 7) is 1.04. The third-order valence-corrected chi connectivity index (χ3v) is 4.01. The Morgan fingerprint density at radius 3 is 2.24 bits per heavy atom. The number of primary amides is 1. The average molecular weight is 294 g/mol. The molecule has 21 heavy (non-hydrogen) atoms. The van der Waals surface area contributed by atoms with Gasteiger partial charge in [-0.05, 0) is 25.7 Å². The Morgan fingerprint density at radius 2 is 1.76 bits per heavy atom. The molecule has 4 N–H and O–H groups in total. The number of nitrogens with zero attached hydrogens (tertiary/aromatic N) is 1. The van der Waals surface area contributed by atoms with Crippen molar-refractivity contribution in [2.45, 2.75) is 25.7 Å². The van der Waals surface area contributed by atoms with Gasteiger partial charge in [0.25, 0.3) is 0 Å². The number of carbonyl (C=O) groups is 3. The third kappa shape index (κ3) is 3.07. The maximum absolute atomic E-state index is 11.4. The molecule has 0 aromatic carbocycles. The summed E-state index contributed by atoms with van der Waals surface area (Å²) >= 11 is 0. The zero-order valence-corrected chi connectivity index (χ0v) is 11.5. The van der Waals surface area contributed by atoms with E-state index in [2.05, 4.69) is 0 Å². The van der Waals surface area contributed by atoms with Crippen LogP contribution in [-0.2, 0) is 14.4 Å². The van der Waals surface area contributed by atoms with Gasteiger partial charge in [-0.2, -0.15) is 0 Å². The number of hydrogen-bond donors (Lipinski definition) is 3. The summed E-state index contributed by atoms with van der Waals surface area (Å²) in [5, 5.41) is 18.5. The second-order valence-electron chi connectivity index (χ2n) is 5.25. The molecule has 114 valence electrons. The molecule has 0 atom stereocenters. The molecule has 2 aliphatic rings. The van der Waals surface area contributed by atoms with Gasteiger partial charge in [-0.3, -0.25) is 4.79 Å². The standard InChI is InChI=1S/C14H18N2O5/c15-12(17)8-4-6-16(7-5-8)10-3-1-2-9(13(18)19)11(10)14(20)21/h2,8H,1,3-7H2,(H2,15,17)(H,18,19)(H,20,21). The Kier molecular flexibility index (Phi) is 4.30. The van der Waals surface area contributed by atoms with Crippen LogP contribution in [0.25, 0.3) is 0 Å². The van der Waals surface area contributed by atoms with Crippen LogP contribution in [0.4, 0.5) is 0 Å². The number of aliphatic carboxylic acids is 2. The number of carbonyl (C=O) groups excluding carboxylic acids is 1. The second kappa shape index (κ2) is 5.99. The Bertz CT molecular complexity index is 542. The summed E-state index contributed by atoms with van der Waals surface area (Å²) in [4.78, 5) is 35.7. The maximum Gasteiger partial charge on any atom is 0.338 e. The van der Waals surface area contributed by atoms with Crippen molar-refractivity contribution >= 4 is 17.8 Å². The van der Waals surface area contributed by atoms with Gasteiger partial charge < -0.3 is 20.8 Å². The summed E-state index contributed by atoms with van der Waals surface area (Å²) in [5.74, 6) is -2.97. The van der Waals surface area contributed by atoms with Gasteiger partial charge in [0.2, 0.25) is 5.91 Å². The fourth-order valence-corrected chi connectivity index (χ4v) is 2.92. The fourth-order valence-electron chi connectivity index (χ4n) is 2.92. The van der Waals surface area contributed by atoms with E-state index in [-0.39, 0.29) is 23.0 Å². The first-order valence-corrected chi connectivity index (χ1v) is 6.86. The van der Waals surface area contributed by atoms with Crippen molar-refractivity contribution in [3.63, 3.8) is 0 Å². The molecule has 0 unspecified atom stereocenters. The van der Waals surface area contributed by atoms with Crippen LogP contribution in [0.5, 0.6) is 0 Å². The molecule has 1 heterocycles. The van der Waals surface area contributed by atoms with Gasteiger partial charge in [0, 0.05) is 24.7 Å². The van der Waals surface area contributed by atoms with E-state index >= 15 is 0 Å². The zero-order valence-electron chi connectivity index (χ0n) is 11.5. The van der Waals surface area contributed by atoms with Crippen LogP contribution in [0.1, 0.15) is 25.7 Å². The molecule has 0 aromatic rings. The highest BCUT2D eigenvalue weighted by atomic mass is 16.4. The first-order valence-electron chi connectivity index (χ1n) is 6.86. The lowest BCUT2D eigenvalue weighted by Gasteiger charge is -2.36. The van der Waals surface area contributed by atoms with Crippen molar-refractivity contribution in [2.75, 3.05) is 13.1 Å². The molecule has 0 bridgehead atoms. The largest absolute Gasteiger partial charge is 0.478 e. The zero-order chi connectivity index (χ0) is 15.6. The number of allylic oxidation sites excluding steroid dienone is 2. The maximum atomic E-state index is 11.4. The molecule has 1 amide bonds. The minimum atomic E-state index is -1.23. The van der Waals surface area contributed by atoms with Crippen LogP contribution in [0.3, 0.4) is 0 Å². The third-order valence-electron chi connectivity index (χ3n) is 4.01. The van der Waals surface area contributed by atoms with Crippen molar-refractivity contribution < 1.29 is 24.6 Å². The van der Waals surface area contributed by atoms with Crippen molar-refractivity contribution in [1.29, 1.82) is 0 Å². The lowest BCUT2D eigenvalue weighted by atomic mass is 9.90. The van der Waals surface area contributed by atoms with Crippen LogP contribution in [0, 0.1) is 5.92 Å². The second-order valence-corrected chi connectivity index (χ2v) is 5.25. The molecule has 0 saturated carbocycles. The van der Waals surface area contributed by atoms with Gasteiger partial charge in [-0.15, -0.1) is 0 Å². The van der Waals surface area contributed by atoms with Gasteiger partial charge >= 0.3 is 11.9 Å². The number of carboxylic acid groups (broad SMARTS) is 2. The number of rotatable bonds is 4. The van der Waals surface area contributed by atoms with E-state index in [9.17, 15) is 19.5 Å². The Hall–Kier alpha value is -2.31. The summed E-state index contributed by atoms with van der Waals surface area (Å²) in [6, 6.07) is 0. The fraction of sp³-hybridized carbons (Fsp3) is 0.500. The van der Waals surface area contributed by atoms with E-state index in [0.717, 1.165) is 0 Å². The molecular weight excluding hydrogens is 276 g/mol. The summed E-state index contributed by atoms with van der Waals surface area (Å²) in [5.41, 5.74) is 5.54. The highest BCUT2D eigenvalue weighted by Crippen LogP contribution is 2.31. The molecule has 1 aliphatic heterocycles. The van der Waals surface area contributed by atoms with Crippen molar-refractivity contribution in [1.82, 2.24) is 4.90 Å². The van der Waals surface area contributed by atoms with Gasteiger partial charge in [0.05, 0.1) is 11.1 Å².